The van der Waals surface area contributed by atoms with Crippen LogP contribution in [0.1, 0.15) is 33.6 Å². The van der Waals surface area contributed by atoms with E-state index in [2.05, 4.69) is 5.32 Å². The standard InChI is InChI=1S/C15H15N3O5/c19-12(9-16-15(22)17-7-3-4-8-17)23-18-13(20)10-5-1-2-6-11(10)14(18)21/h1-2,5-6H,3-4,7-9H2,(H,16,22). The van der Waals surface area contributed by atoms with E-state index in [4.69, 9.17) is 4.84 Å². The Hall–Kier alpha value is -2.90. The van der Waals surface area contributed by atoms with Crippen LogP contribution in [0, 0.1) is 0 Å². The van der Waals surface area contributed by atoms with Gasteiger partial charge in [0, 0.05) is 13.1 Å². The van der Waals surface area contributed by atoms with E-state index in [0.717, 1.165) is 12.8 Å². The largest absolute Gasteiger partial charge is 0.352 e. The molecular formula is C15H15N3O5. The number of likely N-dealkylation sites (tertiary alicyclic amines) is 1. The fourth-order valence-corrected chi connectivity index (χ4v) is 2.56. The predicted molar refractivity (Wildman–Crippen MR) is 77.2 cm³/mol. The van der Waals surface area contributed by atoms with E-state index in [9.17, 15) is 19.2 Å². The van der Waals surface area contributed by atoms with Gasteiger partial charge in [-0.15, -0.1) is 0 Å². The van der Waals surface area contributed by atoms with Crippen molar-refractivity contribution in [3.63, 3.8) is 0 Å². The zero-order valence-electron chi connectivity index (χ0n) is 12.3. The summed E-state index contributed by atoms with van der Waals surface area (Å²) in [5.41, 5.74) is 0.373. The molecule has 1 fully saturated rings. The van der Waals surface area contributed by atoms with Crippen molar-refractivity contribution < 1.29 is 24.0 Å². The van der Waals surface area contributed by atoms with Crippen LogP contribution in [0.2, 0.25) is 0 Å². The van der Waals surface area contributed by atoms with Crippen molar-refractivity contribution in [3.05, 3.63) is 35.4 Å². The lowest BCUT2D eigenvalue weighted by molar-refractivity contribution is -0.167. The normalized spacial score (nSPS) is 16.5. The summed E-state index contributed by atoms with van der Waals surface area (Å²) in [5, 5.41) is 2.84. The fraction of sp³-hybridized carbons (Fsp3) is 0.333. The average Bonchev–Trinajstić information content (AvgIpc) is 3.17. The highest BCUT2D eigenvalue weighted by Gasteiger charge is 2.38. The molecule has 0 saturated carbocycles. The van der Waals surface area contributed by atoms with Crippen LogP contribution in [0.5, 0.6) is 0 Å². The fourth-order valence-electron chi connectivity index (χ4n) is 2.56. The number of amides is 4. The minimum atomic E-state index is -0.882. The zero-order valence-corrected chi connectivity index (χ0v) is 12.3. The molecule has 0 spiro atoms. The lowest BCUT2D eigenvalue weighted by atomic mass is 10.1. The van der Waals surface area contributed by atoms with Gasteiger partial charge >= 0.3 is 12.0 Å². The summed E-state index contributed by atoms with van der Waals surface area (Å²) in [4.78, 5) is 53.9. The number of fused-ring (bicyclic) bond motifs is 1. The Morgan fingerprint density at radius 3 is 2.17 bits per heavy atom. The van der Waals surface area contributed by atoms with E-state index in [1.807, 2.05) is 0 Å². The van der Waals surface area contributed by atoms with Crippen LogP contribution in [0.4, 0.5) is 4.79 Å². The molecule has 1 aromatic carbocycles. The minimum Gasteiger partial charge on any atom is -0.328 e. The number of imide groups is 1. The summed E-state index contributed by atoms with van der Waals surface area (Å²) < 4.78 is 0. The van der Waals surface area contributed by atoms with Gasteiger partial charge in [0.05, 0.1) is 11.1 Å². The molecule has 1 saturated heterocycles. The molecule has 8 heteroatoms. The van der Waals surface area contributed by atoms with Crippen molar-refractivity contribution in [1.29, 1.82) is 0 Å². The molecule has 2 aliphatic heterocycles. The average molecular weight is 317 g/mol. The van der Waals surface area contributed by atoms with Gasteiger partial charge in [-0.25, -0.2) is 9.59 Å². The van der Waals surface area contributed by atoms with Crippen LogP contribution >= 0.6 is 0 Å². The second kappa shape index (κ2) is 6.07. The van der Waals surface area contributed by atoms with Crippen LogP contribution in [-0.2, 0) is 9.63 Å². The molecule has 120 valence electrons. The molecule has 4 amide bonds. The zero-order chi connectivity index (χ0) is 16.4. The van der Waals surface area contributed by atoms with Crippen LogP contribution < -0.4 is 5.32 Å². The van der Waals surface area contributed by atoms with Crippen molar-refractivity contribution in [2.45, 2.75) is 12.8 Å². The van der Waals surface area contributed by atoms with Crippen molar-refractivity contribution in [3.8, 4) is 0 Å². The van der Waals surface area contributed by atoms with Gasteiger partial charge in [0.2, 0.25) is 0 Å². The van der Waals surface area contributed by atoms with Gasteiger partial charge in [0.1, 0.15) is 6.54 Å². The molecule has 1 N–H and O–H groups in total. The Kier molecular flexibility index (Phi) is 3.96. The third-order valence-electron chi connectivity index (χ3n) is 3.73. The van der Waals surface area contributed by atoms with E-state index < -0.39 is 24.3 Å². The molecule has 23 heavy (non-hydrogen) atoms. The first-order valence-corrected chi connectivity index (χ1v) is 7.29. The molecule has 0 atom stereocenters. The summed E-state index contributed by atoms with van der Waals surface area (Å²) in [7, 11) is 0. The van der Waals surface area contributed by atoms with Crippen LogP contribution in [-0.4, -0.2) is 53.4 Å². The number of carbonyl (C=O) groups is 4. The van der Waals surface area contributed by atoms with E-state index in [0.29, 0.717) is 18.2 Å². The second-order valence-electron chi connectivity index (χ2n) is 5.27. The van der Waals surface area contributed by atoms with Gasteiger partial charge < -0.3 is 15.1 Å². The van der Waals surface area contributed by atoms with E-state index in [1.54, 1.807) is 17.0 Å². The van der Waals surface area contributed by atoms with E-state index in [1.165, 1.54) is 12.1 Å². The second-order valence-corrected chi connectivity index (χ2v) is 5.27. The SMILES string of the molecule is O=C(CNC(=O)N1CCCC1)ON1C(=O)c2ccccc2C1=O. The number of hydroxylamine groups is 2. The molecule has 0 unspecified atom stereocenters. The lowest BCUT2D eigenvalue weighted by Crippen LogP contribution is -2.42. The maximum absolute atomic E-state index is 12.0. The minimum absolute atomic E-state index is 0.186. The Bertz CT molecular complexity index is 646. The third kappa shape index (κ3) is 2.87. The smallest absolute Gasteiger partial charge is 0.328 e. The molecule has 0 aliphatic carbocycles. The first-order valence-electron chi connectivity index (χ1n) is 7.29. The quantitative estimate of drug-likeness (QED) is 0.821. The predicted octanol–water partition coefficient (Wildman–Crippen LogP) is 0.546. The maximum Gasteiger partial charge on any atom is 0.352 e. The molecule has 0 bridgehead atoms. The topological polar surface area (TPSA) is 96.0 Å². The number of hydrogen-bond acceptors (Lipinski definition) is 5. The first-order chi connectivity index (χ1) is 11.1. The number of rotatable bonds is 3. The van der Waals surface area contributed by atoms with Gasteiger partial charge in [0.15, 0.2) is 0 Å². The summed E-state index contributed by atoms with van der Waals surface area (Å²) in [6, 6.07) is 5.84. The van der Waals surface area contributed by atoms with Crippen LogP contribution in [0.3, 0.4) is 0 Å². The van der Waals surface area contributed by atoms with Crippen molar-refractivity contribution >= 4 is 23.8 Å². The molecule has 3 rings (SSSR count). The highest BCUT2D eigenvalue weighted by molar-refractivity contribution is 6.20. The highest BCUT2D eigenvalue weighted by Crippen LogP contribution is 2.22. The Morgan fingerprint density at radius 2 is 1.61 bits per heavy atom. The third-order valence-corrected chi connectivity index (χ3v) is 3.73. The highest BCUT2D eigenvalue weighted by atomic mass is 16.7. The Morgan fingerprint density at radius 1 is 1.04 bits per heavy atom. The number of urea groups is 1. The number of carbonyl (C=O) groups excluding carboxylic acids is 4. The van der Waals surface area contributed by atoms with Gasteiger partial charge in [-0.2, -0.15) is 0 Å². The molecule has 2 heterocycles. The number of hydrogen-bond donors (Lipinski definition) is 1. The molecule has 0 radical (unpaired) electrons. The molecular weight excluding hydrogens is 302 g/mol. The molecule has 1 aromatic rings. The monoisotopic (exact) mass is 317 g/mol. The Labute approximate surface area is 131 Å². The van der Waals surface area contributed by atoms with Crippen molar-refractivity contribution in [2.75, 3.05) is 19.6 Å². The molecule has 2 aliphatic rings. The van der Waals surface area contributed by atoms with Crippen molar-refractivity contribution in [1.82, 2.24) is 15.3 Å². The first kappa shape index (κ1) is 15.0. The Balaban J connectivity index is 1.55. The number of nitrogens with zero attached hydrogens (tertiary/aromatic N) is 2. The van der Waals surface area contributed by atoms with Crippen molar-refractivity contribution in [2.24, 2.45) is 0 Å². The summed E-state index contributed by atoms with van der Waals surface area (Å²) >= 11 is 0. The summed E-state index contributed by atoms with van der Waals surface area (Å²) in [6.45, 7) is 0.890. The van der Waals surface area contributed by atoms with E-state index in [-0.39, 0.29) is 17.2 Å². The maximum atomic E-state index is 12.0. The number of nitrogens with one attached hydrogen (secondary N) is 1. The number of benzene rings is 1. The summed E-state index contributed by atoms with van der Waals surface area (Å²) in [5.74, 6) is -2.26. The van der Waals surface area contributed by atoms with Gasteiger partial charge in [-0.1, -0.05) is 17.2 Å². The van der Waals surface area contributed by atoms with Gasteiger partial charge in [-0.3, -0.25) is 9.59 Å². The van der Waals surface area contributed by atoms with E-state index >= 15 is 0 Å². The van der Waals surface area contributed by atoms with Gasteiger partial charge in [-0.05, 0) is 25.0 Å². The van der Waals surface area contributed by atoms with Crippen LogP contribution in [0.25, 0.3) is 0 Å². The van der Waals surface area contributed by atoms with Gasteiger partial charge in [0.25, 0.3) is 11.8 Å². The lowest BCUT2D eigenvalue weighted by Gasteiger charge is -2.17. The van der Waals surface area contributed by atoms with Crippen LogP contribution in [0.15, 0.2) is 24.3 Å². The summed E-state index contributed by atoms with van der Waals surface area (Å²) in [6.07, 6.45) is 1.87. The molecule has 0 aromatic heterocycles. The molecule has 8 nitrogen and oxygen atoms in total.